The summed E-state index contributed by atoms with van der Waals surface area (Å²) in [7, 11) is -2.50. The number of hydrogen-bond acceptors (Lipinski definition) is 5. The molecule has 1 aromatic heterocycles. The van der Waals surface area contributed by atoms with E-state index in [2.05, 4.69) is 4.98 Å². The highest BCUT2D eigenvalue weighted by molar-refractivity contribution is 7.89. The zero-order chi connectivity index (χ0) is 21.5. The van der Waals surface area contributed by atoms with Crippen LogP contribution in [0, 0.1) is 5.82 Å². The first-order valence-electron chi connectivity index (χ1n) is 9.88. The average Bonchev–Trinajstić information content (AvgIpc) is 3.00. The van der Waals surface area contributed by atoms with Gasteiger partial charge in [-0.2, -0.15) is 4.31 Å². The van der Waals surface area contributed by atoms with Crippen LogP contribution >= 0.6 is 0 Å². The number of rotatable bonds is 5. The minimum Gasteiger partial charge on any atom is -0.268 e. The number of pyridine rings is 1. The van der Waals surface area contributed by atoms with E-state index in [0.29, 0.717) is 0 Å². The van der Waals surface area contributed by atoms with Crippen molar-refractivity contribution >= 4 is 21.8 Å². The van der Waals surface area contributed by atoms with E-state index in [9.17, 15) is 22.4 Å². The molecule has 0 N–H and O–H groups in total. The summed E-state index contributed by atoms with van der Waals surface area (Å²) in [6, 6.07) is 6.31. The number of aromatic nitrogens is 1. The first-order valence-corrected chi connectivity index (χ1v) is 11.3. The lowest BCUT2D eigenvalue weighted by Crippen LogP contribution is -2.39. The van der Waals surface area contributed by atoms with E-state index in [0.717, 1.165) is 49.1 Å². The molecule has 2 heterocycles. The lowest BCUT2D eigenvalue weighted by atomic mass is 9.96. The lowest BCUT2D eigenvalue weighted by Gasteiger charge is -2.31. The summed E-state index contributed by atoms with van der Waals surface area (Å²) >= 11 is 0. The summed E-state index contributed by atoms with van der Waals surface area (Å²) in [6.45, 7) is -0.276. The van der Waals surface area contributed by atoms with Crippen molar-refractivity contribution in [1.29, 1.82) is 0 Å². The van der Waals surface area contributed by atoms with Gasteiger partial charge in [0, 0.05) is 19.3 Å². The Bertz CT molecular complexity index is 1080. The number of carbonyl (C=O) groups is 2. The SMILES string of the molecule is CN(C1CCCCC1)S(=O)(=O)c1cc(F)ccc1CN1C(=O)c2cccnc2C1=O. The Labute approximate surface area is 174 Å². The molecule has 0 bridgehead atoms. The number of sulfonamides is 1. The fraction of sp³-hybridized carbons (Fsp3) is 0.381. The summed E-state index contributed by atoms with van der Waals surface area (Å²) < 4.78 is 42.0. The fourth-order valence-corrected chi connectivity index (χ4v) is 5.76. The van der Waals surface area contributed by atoms with E-state index in [-0.39, 0.29) is 34.3 Å². The molecule has 0 unspecified atom stereocenters. The predicted molar refractivity (Wildman–Crippen MR) is 107 cm³/mol. The van der Waals surface area contributed by atoms with Crippen LogP contribution < -0.4 is 0 Å². The molecular weight excluding hydrogens is 409 g/mol. The van der Waals surface area contributed by atoms with Crippen LogP contribution in [0.1, 0.15) is 58.5 Å². The number of nitrogens with zero attached hydrogens (tertiary/aromatic N) is 3. The average molecular weight is 431 g/mol. The van der Waals surface area contributed by atoms with E-state index in [1.54, 1.807) is 6.07 Å². The Kier molecular flexibility index (Phi) is 5.42. The van der Waals surface area contributed by atoms with E-state index in [1.165, 1.54) is 29.7 Å². The normalized spacial score (nSPS) is 17.6. The van der Waals surface area contributed by atoms with E-state index in [1.807, 2.05) is 0 Å². The van der Waals surface area contributed by atoms with Crippen LogP contribution in [-0.4, -0.2) is 47.5 Å². The zero-order valence-electron chi connectivity index (χ0n) is 16.5. The molecule has 9 heteroatoms. The van der Waals surface area contributed by atoms with Crippen LogP contribution in [0.3, 0.4) is 0 Å². The molecule has 1 aromatic carbocycles. The molecule has 7 nitrogen and oxygen atoms in total. The van der Waals surface area contributed by atoms with E-state index in [4.69, 9.17) is 0 Å². The number of fused-ring (bicyclic) bond motifs is 1. The second-order valence-electron chi connectivity index (χ2n) is 7.66. The second kappa shape index (κ2) is 7.88. The standard InChI is InChI=1S/C21H22FN3O4S/c1-24(16-6-3-2-4-7-16)30(28,29)18-12-15(22)10-9-14(18)13-25-20(26)17-8-5-11-23-19(17)21(25)27/h5,8-12,16H,2-4,6-7,13H2,1H3. The molecule has 1 saturated carbocycles. The topological polar surface area (TPSA) is 87.7 Å². The molecule has 1 fully saturated rings. The Balaban J connectivity index is 1.68. The van der Waals surface area contributed by atoms with E-state index >= 15 is 0 Å². The van der Waals surface area contributed by atoms with Crippen LogP contribution in [0.15, 0.2) is 41.4 Å². The summed E-state index contributed by atoms with van der Waals surface area (Å²) in [5.74, 6) is -1.83. The van der Waals surface area contributed by atoms with Gasteiger partial charge in [-0.25, -0.2) is 12.8 Å². The smallest absolute Gasteiger partial charge is 0.268 e. The maximum atomic E-state index is 14.0. The Morgan fingerprint density at radius 1 is 1.13 bits per heavy atom. The van der Waals surface area contributed by atoms with E-state index < -0.39 is 27.7 Å². The largest absolute Gasteiger partial charge is 0.280 e. The van der Waals surface area contributed by atoms with Gasteiger partial charge in [0.05, 0.1) is 17.0 Å². The third-order valence-corrected chi connectivity index (χ3v) is 7.83. The maximum Gasteiger partial charge on any atom is 0.280 e. The Hall–Kier alpha value is -2.65. The number of carbonyl (C=O) groups excluding carboxylic acids is 2. The van der Waals surface area contributed by atoms with Gasteiger partial charge in [0.2, 0.25) is 10.0 Å². The van der Waals surface area contributed by atoms with Crippen molar-refractivity contribution in [2.45, 2.75) is 49.6 Å². The first kappa shape index (κ1) is 20.6. The summed E-state index contributed by atoms with van der Waals surface area (Å²) in [6.07, 6.45) is 5.89. The molecular formula is C21H22FN3O4S. The fourth-order valence-electron chi connectivity index (χ4n) is 4.12. The number of amides is 2. The van der Waals surface area contributed by atoms with Crippen LogP contribution in [0.5, 0.6) is 0 Å². The van der Waals surface area contributed by atoms with Gasteiger partial charge in [-0.3, -0.25) is 19.5 Å². The van der Waals surface area contributed by atoms with Crippen LogP contribution in [0.2, 0.25) is 0 Å². The molecule has 2 aromatic rings. The molecule has 1 aliphatic heterocycles. The van der Waals surface area contributed by atoms with Crippen LogP contribution in [0.25, 0.3) is 0 Å². The van der Waals surface area contributed by atoms with Crippen molar-refractivity contribution in [3.05, 3.63) is 59.2 Å². The minimum atomic E-state index is -4.01. The van der Waals surface area contributed by atoms with Gasteiger partial charge in [0.15, 0.2) is 0 Å². The third kappa shape index (κ3) is 3.52. The monoisotopic (exact) mass is 431 g/mol. The number of halogens is 1. The quantitative estimate of drug-likeness (QED) is 0.680. The van der Waals surface area contributed by atoms with Crippen molar-refractivity contribution < 1.29 is 22.4 Å². The highest BCUT2D eigenvalue weighted by Crippen LogP contribution is 2.30. The van der Waals surface area contributed by atoms with Crippen molar-refractivity contribution in [2.75, 3.05) is 7.05 Å². The number of hydrogen-bond donors (Lipinski definition) is 0. The molecule has 0 saturated heterocycles. The van der Waals surface area contributed by atoms with Gasteiger partial charge in [-0.15, -0.1) is 0 Å². The first-order chi connectivity index (χ1) is 14.3. The van der Waals surface area contributed by atoms with Crippen molar-refractivity contribution in [2.24, 2.45) is 0 Å². The third-order valence-electron chi connectivity index (χ3n) is 5.83. The number of imide groups is 1. The highest BCUT2D eigenvalue weighted by Gasteiger charge is 2.38. The molecule has 30 heavy (non-hydrogen) atoms. The van der Waals surface area contributed by atoms with Crippen molar-refractivity contribution in [1.82, 2.24) is 14.2 Å². The molecule has 158 valence electrons. The molecule has 0 spiro atoms. The zero-order valence-corrected chi connectivity index (χ0v) is 17.4. The molecule has 0 atom stereocenters. The second-order valence-corrected chi connectivity index (χ2v) is 9.63. The predicted octanol–water partition coefficient (Wildman–Crippen LogP) is 2.97. The Morgan fingerprint density at radius 2 is 1.87 bits per heavy atom. The minimum absolute atomic E-state index is 0.0355. The van der Waals surface area contributed by atoms with Crippen molar-refractivity contribution in [3.63, 3.8) is 0 Å². The summed E-state index contributed by atoms with van der Waals surface area (Å²) in [5.41, 5.74) is 0.398. The molecule has 2 amide bonds. The molecule has 4 rings (SSSR count). The van der Waals surface area contributed by atoms with Gasteiger partial charge in [-0.1, -0.05) is 25.3 Å². The molecule has 2 aliphatic rings. The Morgan fingerprint density at radius 3 is 2.57 bits per heavy atom. The van der Waals surface area contributed by atoms with Gasteiger partial charge >= 0.3 is 0 Å². The summed E-state index contributed by atoms with van der Waals surface area (Å²) in [4.78, 5) is 30.0. The van der Waals surface area contributed by atoms with Crippen LogP contribution in [0.4, 0.5) is 4.39 Å². The maximum absolute atomic E-state index is 14.0. The van der Waals surface area contributed by atoms with Gasteiger partial charge in [-0.05, 0) is 42.7 Å². The van der Waals surface area contributed by atoms with Crippen molar-refractivity contribution in [3.8, 4) is 0 Å². The van der Waals surface area contributed by atoms with Gasteiger partial charge in [0.1, 0.15) is 11.5 Å². The van der Waals surface area contributed by atoms with Gasteiger partial charge < -0.3 is 0 Å². The summed E-state index contributed by atoms with van der Waals surface area (Å²) in [5, 5.41) is 0. The molecule has 0 radical (unpaired) electrons. The number of benzene rings is 1. The highest BCUT2D eigenvalue weighted by atomic mass is 32.2. The van der Waals surface area contributed by atoms with Gasteiger partial charge in [0.25, 0.3) is 11.8 Å². The molecule has 1 aliphatic carbocycles. The lowest BCUT2D eigenvalue weighted by molar-refractivity contribution is 0.0639. The van der Waals surface area contributed by atoms with Crippen LogP contribution in [-0.2, 0) is 16.6 Å².